The van der Waals surface area contributed by atoms with Crippen LogP contribution in [0.2, 0.25) is 0 Å². The first-order valence-corrected chi connectivity index (χ1v) is 6.25. The molecule has 0 saturated carbocycles. The van der Waals surface area contributed by atoms with Crippen LogP contribution in [0.15, 0.2) is 12.4 Å². The Labute approximate surface area is 111 Å². The van der Waals surface area contributed by atoms with Crippen LogP contribution in [0.3, 0.4) is 0 Å². The number of hydrogen-bond donors (Lipinski definition) is 1. The van der Waals surface area contributed by atoms with E-state index >= 15 is 0 Å². The molecule has 1 aliphatic rings. The number of aromatic nitrogens is 2. The number of carbonyl (C=O) groups excluding carboxylic acids is 1. The Morgan fingerprint density at radius 1 is 1.47 bits per heavy atom. The molecule has 1 aromatic rings. The van der Waals surface area contributed by atoms with Gasteiger partial charge in [0.1, 0.15) is 12.1 Å². The average Bonchev–Trinajstić information content (AvgIpc) is 2.48. The van der Waals surface area contributed by atoms with Crippen LogP contribution in [0.4, 0.5) is 5.82 Å². The molecule has 1 fully saturated rings. The van der Waals surface area contributed by atoms with Crippen molar-refractivity contribution in [3.8, 4) is 5.88 Å². The quantitative estimate of drug-likeness (QED) is 0.817. The van der Waals surface area contributed by atoms with Gasteiger partial charge in [0, 0.05) is 32.1 Å². The predicted molar refractivity (Wildman–Crippen MR) is 69.1 cm³/mol. The van der Waals surface area contributed by atoms with Crippen LogP contribution >= 0.6 is 0 Å². The second-order valence-corrected chi connectivity index (χ2v) is 4.12. The van der Waals surface area contributed by atoms with Gasteiger partial charge in [-0.3, -0.25) is 4.79 Å². The Morgan fingerprint density at radius 3 is 3.00 bits per heavy atom. The third-order valence-electron chi connectivity index (χ3n) is 2.86. The summed E-state index contributed by atoms with van der Waals surface area (Å²) in [5.41, 5.74) is 0. The molecule has 0 atom stereocenters. The molecule has 104 valence electrons. The fourth-order valence-corrected chi connectivity index (χ4v) is 1.82. The lowest BCUT2D eigenvalue weighted by Gasteiger charge is -2.26. The van der Waals surface area contributed by atoms with Crippen molar-refractivity contribution < 1.29 is 14.3 Å². The summed E-state index contributed by atoms with van der Waals surface area (Å²) in [6.45, 7) is 3.15. The van der Waals surface area contributed by atoms with E-state index < -0.39 is 0 Å². The van der Waals surface area contributed by atoms with Gasteiger partial charge in [-0.2, -0.15) is 0 Å². The summed E-state index contributed by atoms with van der Waals surface area (Å²) in [5, 5.41) is 3.08. The smallest absolute Gasteiger partial charge is 0.224 e. The lowest BCUT2D eigenvalue weighted by Crippen LogP contribution is -2.41. The third-order valence-corrected chi connectivity index (χ3v) is 2.86. The number of morpholine rings is 1. The molecular weight excluding hydrogens is 248 g/mol. The second-order valence-electron chi connectivity index (χ2n) is 4.12. The first-order chi connectivity index (χ1) is 9.29. The molecule has 1 aromatic heterocycles. The Hall–Kier alpha value is -1.89. The van der Waals surface area contributed by atoms with Crippen LogP contribution in [0.1, 0.15) is 6.42 Å². The molecule has 7 nitrogen and oxygen atoms in total. The summed E-state index contributed by atoms with van der Waals surface area (Å²) in [5.74, 6) is 1.29. The number of nitrogens with zero attached hydrogens (tertiary/aromatic N) is 3. The maximum absolute atomic E-state index is 11.9. The van der Waals surface area contributed by atoms with Gasteiger partial charge >= 0.3 is 0 Å². The Kier molecular flexibility index (Phi) is 4.91. The molecule has 0 aromatic carbocycles. The number of carbonyl (C=O) groups is 1. The summed E-state index contributed by atoms with van der Waals surface area (Å²) in [6.07, 6.45) is 1.86. The van der Waals surface area contributed by atoms with Crippen LogP contribution in [-0.4, -0.2) is 60.7 Å². The number of ether oxygens (including phenoxy) is 2. The zero-order valence-electron chi connectivity index (χ0n) is 11.0. The van der Waals surface area contributed by atoms with Crippen LogP contribution in [0.5, 0.6) is 5.88 Å². The van der Waals surface area contributed by atoms with Crippen molar-refractivity contribution in [1.29, 1.82) is 0 Å². The zero-order valence-corrected chi connectivity index (χ0v) is 11.0. The largest absolute Gasteiger partial charge is 0.481 e. The van der Waals surface area contributed by atoms with Gasteiger partial charge < -0.3 is 19.7 Å². The normalized spacial score (nSPS) is 15.1. The molecule has 0 spiro atoms. The van der Waals surface area contributed by atoms with Crippen molar-refractivity contribution in [3.63, 3.8) is 0 Å². The topological polar surface area (TPSA) is 76.6 Å². The van der Waals surface area contributed by atoms with E-state index in [1.54, 1.807) is 13.2 Å². The van der Waals surface area contributed by atoms with E-state index in [0.717, 1.165) is 0 Å². The molecule has 2 rings (SSSR count). The van der Waals surface area contributed by atoms with Crippen LogP contribution in [0, 0.1) is 0 Å². The molecule has 1 saturated heterocycles. The van der Waals surface area contributed by atoms with E-state index in [2.05, 4.69) is 15.3 Å². The number of anilines is 1. The van der Waals surface area contributed by atoms with E-state index in [9.17, 15) is 4.79 Å². The highest BCUT2D eigenvalue weighted by molar-refractivity contribution is 5.76. The fraction of sp³-hybridized carbons (Fsp3) is 0.583. The number of nitrogens with one attached hydrogen (secondary N) is 1. The lowest BCUT2D eigenvalue weighted by molar-refractivity contribution is -0.134. The van der Waals surface area contributed by atoms with Crippen LogP contribution < -0.4 is 10.1 Å². The standard InChI is InChI=1S/C12H18N4O3/c1-18-11-8-10(14-9-15-11)13-3-2-12(17)16-4-6-19-7-5-16/h8-9H,2-7H2,1H3,(H,13,14,15). The summed E-state index contributed by atoms with van der Waals surface area (Å²) >= 11 is 0. The van der Waals surface area contributed by atoms with Crippen molar-refractivity contribution in [3.05, 3.63) is 12.4 Å². The van der Waals surface area contributed by atoms with Crippen molar-refractivity contribution in [2.24, 2.45) is 0 Å². The molecule has 0 bridgehead atoms. The molecule has 1 N–H and O–H groups in total. The van der Waals surface area contributed by atoms with Crippen molar-refractivity contribution >= 4 is 11.7 Å². The van der Waals surface area contributed by atoms with E-state index in [-0.39, 0.29) is 5.91 Å². The van der Waals surface area contributed by atoms with Crippen molar-refractivity contribution in [1.82, 2.24) is 14.9 Å². The molecule has 0 aliphatic carbocycles. The summed E-state index contributed by atoms with van der Waals surface area (Å²) in [4.78, 5) is 21.7. The van der Waals surface area contributed by atoms with Gasteiger partial charge in [-0.05, 0) is 0 Å². The zero-order chi connectivity index (χ0) is 13.5. The van der Waals surface area contributed by atoms with E-state index in [1.165, 1.54) is 6.33 Å². The molecule has 1 amide bonds. The van der Waals surface area contributed by atoms with Crippen molar-refractivity contribution in [2.45, 2.75) is 6.42 Å². The van der Waals surface area contributed by atoms with Gasteiger partial charge in [0.05, 0.1) is 20.3 Å². The summed E-state index contributed by atoms with van der Waals surface area (Å²) in [6, 6.07) is 1.69. The van der Waals surface area contributed by atoms with Gasteiger partial charge in [-0.15, -0.1) is 0 Å². The fourth-order valence-electron chi connectivity index (χ4n) is 1.82. The minimum absolute atomic E-state index is 0.136. The third kappa shape index (κ3) is 4.06. The SMILES string of the molecule is COc1cc(NCCC(=O)N2CCOCC2)ncn1. The maximum Gasteiger partial charge on any atom is 0.224 e. The molecule has 7 heteroatoms. The molecular formula is C12H18N4O3. The Balaban J connectivity index is 1.74. The highest BCUT2D eigenvalue weighted by atomic mass is 16.5. The molecule has 0 unspecified atom stereocenters. The second kappa shape index (κ2) is 6.89. The highest BCUT2D eigenvalue weighted by Gasteiger charge is 2.15. The summed E-state index contributed by atoms with van der Waals surface area (Å²) in [7, 11) is 1.55. The molecule has 2 heterocycles. The number of amides is 1. The highest BCUT2D eigenvalue weighted by Crippen LogP contribution is 2.10. The maximum atomic E-state index is 11.9. The molecule has 19 heavy (non-hydrogen) atoms. The van der Waals surface area contributed by atoms with E-state index in [4.69, 9.17) is 9.47 Å². The van der Waals surface area contributed by atoms with Gasteiger partial charge in [-0.1, -0.05) is 0 Å². The first-order valence-electron chi connectivity index (χ1n) is 6.25. The minimum Gasteiger partial charge on any atom is -0.481 e. The Morgan fingerprint density at radius 2 is 2.26 bits per heavy atom. The molecule has 1 aliphatic heterocycles. The summed E-state index contributed by atoms with van der Waals surface area (Å²) < 4.78 is 10.2. The number of rotatable bonds is 5. The number of hydrogen-bond acceptors (Lipinski definition) is 6. The van der Waals surface area contributed by atoms with E-state index in [1.807, 2.05) is 4.90 Å². The Bertz CT molecular complexity index is 421. The van der Waals surface area contributed by atoms with Gasteiger partial charge in [-0.25, -0.2) is 9.97 Å². The monoisotopic (exact) mass is 266 g/mol. The minimum atomic E-state index is 0.136. The van der Waals surface area contributed by atoms with Crippen LogP contribution in [0.25, 0.3) is 0 Å². The first kappa shape index (κ1) is 13.5. The van der Waals surface area contributed by atoms with E-state index in [0.29, 0.717) is 51.0 Å². The van der Waals surface area contributed by atoms with Crippen LogP contribution in [-0.2, 0) is 9.53 Å². The predicted octanol–water partition coefficient (Wildman–Crippen LogP) is 0.146. The van der Waals surface area contributed by atoms with Gasteiger partial charge in [0.25, 0.3) is 0 Å². The molecule has 0 radical (unpaired) electrons. The van der Waals surface area contributed by atoms with Gasteiger partial charge in [0.2, 0.25) is 11.8 Å². The van der Waals surface area contributed by atoms with Gasteiger partial charge in [0.15, 0.2) is 0 Å². The number of methoxy groups -OCH3 is 1. The average molecular weight is 266 g/mol. The lowest BCUT2D eigenvalue weighted by atomic mass is 10.3. The van der Waals surface area contributed by atoms with Crippen molar-refractivity contribution in [2.75, 3.05) is 45.3 Å².